The molecule has 0 unspecified atom stereocenters. The Bertz CT molecular complexity index is 575. The van der Waals surface area contributed by atoms with Gasteiger partial charge < -0.3 is 20.3 Å². The van der Waals surface area contributed by atoms with E-state index < -0.39 is 6.04 Å². The van der Waals surface area contributed by atoms with Crippen LogP contribution in [0.25, 0.3) is 0 Å². The summed E-state index contributed by atoms with van der Waals surface area (Å²) in [5.41, 5.74) is 6.64. The molecule has 0 radical (unpaired) electrons. The zero-order valence-corrected chi connectivity index (χ0v) is 15.4. The first-order valence-corrected chi connectivity index (χ1v) is 8.90. The summed E-state index contributed by atoms with van der Waals surface area (Å²) in [7, 11) is 0. The summed E-state index contributed by atoms with van der Waals surface area (Å²) in [6, 6.07) is 9.21. The number of rotatable bonds is 6. The van der Waals surface area contributed by atoms with Crippen LogP contribution in [0.4, 0.5) is 4.79 Å². The summed E-state index contributed by atoms with van der Waals surface area (Å²) in [5, 5.41) is 0. The van der Waals surface area contributed by atoms with Crippen molar-refractivity contribution in [1.29, 1.82) is 0 Å². The highest BCUT2D eigenvalue weighted by Gasteiger charge is 2.31. The second-order valence-corrected chi connectivity index (χ2v) is 7.01. The quantitative estimate of drug-likeness (QED) is 0.856. The monoisotopic (exact) mass is 347 g/mol. The van der Waals surface area contributed by atoms with Crippen molar-refractivity contribution in [2.45, 2.75) is 45.9 Å². The molecule has 1 heterocycles. The molecule has 1 aliphatic heterocycles. The summed E-state index contributed by atoms with van der Waals surface area (Å²) in [6.45, 7) is 7.87. The number of carbonyl (C=O) groups is 2. The van der Waals surface area contributed by atoms with E-state index in [0.29, 0.717) is 19.6 Å². The van der Waals surface area contributed by atoms with Gasteiger partial charge in [-0.05, 0) is 38.7 Å². The maximum Gasteiger partial charge on any atom is 0.410 e. The van der Waals surface area contributed by atoms with Crippen molar-refractivity contribution in [2.24, 2.45) is 11.7 Å². The predicted molar refractivity (Wildman–Crippen MR) is 96.8 cm³/mol. The zero-order chi connectivity index (χ0) is 18.4. The Balaban J connectivity index is 1.88. The highest BCUT2D eigenvalue weighted by atomic mass is 16.6. The SMILES string of the molecule is CC(C)N(C[C@H]1CCN(C(=O)[C@H](C)N)C1)C(=O)OCc1ccccc1. The molecule has 1 fully saturated rings. The Kier molecular flexibility index (Phi) is 6.82. The van der Waals surface area contributed by atoms with Crippen molar-refractivity contribution >= 4 is 12.0 Å². The molecule has 6 heteroatoms. The van der Waals surface area contributed by atoms with Crippen LogP contribution in [0.3, 0.4) is 0 Å². The van der Waals surface area contributed by atoms with Crippen LogP contribution in [-0.2, 0) is 16.1 Å². The molecule has 0 aromatic heterocycles. The van der Waals surface area contributed by atoms with Gasteiger partial charge in [-0.25, -0.2) is 4.79 Å². The van der Waals surface area contributed by atoms with Crippen LogP contribution in [0.15, 0.2) is 30.3 Å². The summed E-state index contributed by atoms with van der Waals surface area (Å²) in [6.07, 6.45) is 0.573. The Labute approximate surface area is 149 Å². The highest BCUT2D eigenvalue weighted by molar-refractivity contribution is 5.81. The van der Waals surface area contributed by atoms with Crippen LogP contribution < -0.4 is 5.73 Å². The smallest absolute Gasteiger partial charge is 0.410 e. The van der Waals surface area contributed by atoms with Crippen LogP contribution in [0.5, 0.6) is 0 Å². The molecule has 2 N–H and O–H groups in total. The summed E-state index contributed by atoms with van der Waals surface area (Å²) < 4.78 is 5.46. The van der Waals surface area contributed by atoms with Gasteiger partial charge in [0, 0.05) is 25.7 Å². The third-order valence-corrected chi connectivity index (χ3v) is 4.50. The summed E-state index contributed by atoms with van der Waals surface area (Å²) in [5.74, 6) is 0.236. The number of carbonyl (C=O) groups excluding carboxylic acids is 2. The van der Waals surface area contributed by atoms with Gasteiger partial charge in [-0.3, -0.25) is 4.79 Å². The van der Waals surface area contributed by atoms with Crippen molar-refractivity contribution in [1.82, 2.24) is 9.80 Å². The molecule has 1 aromatic rings. The van der Waals surface area contributed by atoms with Gasteiger partial charge in [0.25, 0.3) is 0 Å². The first-order chi connectivity index (χ1) is 11.9. The molecule has 2 amide bonds. The van der Waals surface area contributed by atoms with Crippen molar-refractivity contribution in [3.05, 3.63) is 35.9 Å². The van der Waals surface area contributed by atoms with E-state index in [1.54, 1.807) is 16.7 Å². The van der Waals surface area contributed by atoms with E-state index in [9.17, 15) is 9.59 Å². The fourth-order valence-corrected chi connectivity index (χ4v) is 3.05. The number of amides is 2. The predicted octanol–water partition coefficient (Wildman–Crippen LogP) is 2.23. The summed E-state index contributed by atoms with van der Waals surface area (Å²) in [4.78, 5) is 28.0. The van der Waals surface area contributed by atoms with Crippen molar-refractivity contribution in [3.8, 4) is 0 Å². The Morgan fingerprint density at radius 2 is 1.96 bits per heavy atom. The maximum atomic E-state index is 12.5. The number of benzene rings is 1. The first-order valence-electron chi connectivity index (χ1n) is 8.90. The number of hydrogen-bond acceptors (Lipinski definition) is 4. The number of hydrogen-bond donors (Lipinski definition) is 1. The molecule has 138 valence electrons. The molecule has 0 aliphatic carbocycles. The molecule has 0 spiro atoms. The lowest BCUT2D eigenvalue weighted by Gasteiger charge is -2.28. The molecule has 0 bridgehead atoms. The van der Waals surface area contributed by atoms with Crippen LogP contribution in [-0.4, -0.2) is 53.5 Å². The molecular formula is C19H29N3O3. The maximum absolute atomic E-state index is 12.5. The summed E-state index contributed by atoms with van der Waals surface area (Å²) >= 11 is 0. The number of nitrogens with two attached hydrogens (primary N) is 1. The van der Waals surface area contributed by atoms with Crippen molar-refractivity contribution < 1.29 is 14.3 Å². The van der Waals surface area contributed by atoms with E-state index >= 15 is 0 Å². The number of ether oxygens (including phenoxy) is 1. The first kappa shape index (κ1) is 19.2. The second kappa shape index (κ2) is 8.85. The highest BCUT2D eigenvalue weighted by Crippen LogP contribution is 2.20. The molecule has 0 saturated carbocycles. The molecule has 6 nitrogen and oxygen atoms in total. The van der Waals surface area contributed by atoms with Crippen LogP contribution >= 0.6 is 0 Å². The van der Waals surface area contributed by atoms with Gasteiger partial charge in [-0.1, -0.05) is 30.3 Å². The lowest BCUT2D eigenvalue weighted by Crippen LogP contribution is -2.43. The lowest BCUT2D eigenvalue weighted by molar-refractivity contribution is -0.131. The van der Waals surface area contributed by atoms with E-state index in [2.05, 4.69) is 0 Å². The van der Waals surface area contributed by atoms with E-state index in [1.165, 1.54) is 0 Å². The van der Waals surface area contributed by atoms with E-state index in [0.717, 1.165) is 12.0 Å². The van der Waals surface area contributed by atoms with Crippen molar-refractivity contribution in [2.75, 3.05) is 19.6 Å². The van der Waals surface area contributed by atoms with Gasteiger partial charge in [-0.15, -0.1) is 0 Å². The normalized spacial score (nSPS) is 18.3. The van der Waals surface area contributed by atoms with Gasteiger partial charge in [-0.2, -0.15) is 0 Å². The third kappa shape index (κ3) is 5.46. The Hall–Kier alpha value is -2.08. The van der Waals surface area contributed by atoms with Gasteiger partial charge in [0.2, 0.25) is 5.91 Å². The Morgan fingerprint density at radius 1 is 1.28 bits per heavy atom. The fraction of sp³-hybridized carbons (Fsp3) is 0.579. The van der Waals surface area contributed by atoms with Gasteiger partial charge in [0.05, 0.1) is 6.04 Å². The second-order valence-electron chi connectivity index (χ2n) is 7.01. The fourth-order valence-electron chi connectivity index (χ4n) is 3.05. The zero-order valence-electron chi connectivity index (χ0n) is 15.4. The molecule has 2 rings (SSSR count). The van der Waals surface area contributed by atoms with Crippen molar-refractivity contribution in [3.63, 3.8) is 0 Å². The van der Waals surface area contributed by atoms with Crippen LogP contribution in [0.1, 0.15) is 32.8 Å². The molecule has 1 aliphatic rings. The standard InChI is InChI=1S/C19H29N3O3/c1-14(2)22(19(24)25-13-16-7-5-4-6-8-16)12-17-9-10-21(11-17)18(23)15(3)20/h4-8,14-15,17H,9-13,20H2,1-3H3/t15-,17-/m0/s1. The van der Waals surface area contributed by atoms with E-state index in [-0.39, 0.29) is 30.6 Å². The lowest BCUT2D eigenvalue weighted by atomic mass is 10.1. The molecule has 2 atom stereocenters. The average Bonchev–Trinajstić information content (AvgIpc) is 3.06. The molecule has 1 saturated heterocycles. The minimum Gasteiger partial charge on any atom is -0.445 e. The van der Waals surface area contributed by atoms with E-state index in [4.69, 9.17) is 10.5 Å². The topological polar surface area (TPSA) is 75.9 Å². The van der Waals surface area contributed by atoms with E-state index in [1.807, 2.05) is 44.2 Å². The minimum absolute atomic E-state index is 0.0229. The molecule has 25 heavy (non-hydrogen) atoms. The number of likely N-dealkylation sites (tertiary alicyclic amines) is 1. The van der Waals surface area contributed by atoms with Gasteiger partial charge in [0.15, 0.2) is 0 Å². The Morgan fingerprint density at radius 3 is 2.56 bits per heavy atom. The largest absolute Gasteiger partial charge is 0.445 e. The van der Waals surface area contributed by atoms with Crippen LogP contribution in [0.2, 0.25) is 0 Å². The van der Waals surface area contributed by atoms with Gasteiger partial charge in [0.1, 0.15) is 6.61 Å². The van der Waals surface area contributed by atoms with Crippen LogP contribution in [0, 0.1) is 5.92 Å². The number of nitrogens with zero attached hydrogens (tertiary/aromatic N) is 2. The average molecular weight is 347 g/mol. The third-order valence-electron chi connectivity index (χ3n) is 4.50. The minimum atomic E-state index is -0.476. The molecule has 1 aromatic carbocycles. The van der Waals surface area contributed by atoms with Gasteiger partial charge >= 0.3 is 6.09 Å². The molecular weight excluding hydrogens is 318 g/mol.